The predicted molar refractivity (Wildman–Crippen MR) is 102 cm³/mol. The van der Waals surface area contributed by atoms with E-state index in [4.69, 9.17) is 5.73 Å². The van der Waals surface area contributed by atoms with Gasteiger partial charge in [0.15, 0.2) is 0 Å². The van der Waals surface area contributed by atoms with Gasteiger partial charge in [-0.25, -0.2) is 13.2 Å². The van der Waals surface area contributed by atoms with Crippen molar-refractivity contribution in [2.45, 2.75) is 18.4 Å². The van der Waals surface area contributed by atoms with Crippen LogP contribution in [0.1, 0.15) is 18.4 Å². The minimum atomic E-state index is -3.56. The van der Waals surface area contributed by atoms with E-state index in [1.54, 1.807) is 48.2 Å². The van der Waals surface area contributed by atoms with E-state index in [1.807, 2.05) is 0 Å². The maximum atomic E-state index is 12.7. The van der Waals surface area contributed by atoms with Gasteiger partial charge in [0, 0.05) is 31.9 Å². The number of carbonyl (C=O) groups excluding carboxylic acids is 2. The van der Waals surface area contributed by atoms with Crippen LogP contribution in [0.25, 0.3) is 0 Å². The number of rotatable bonds is 4. The van der Waals surface area contributed by atoms with Crippen molar-refractivity contribution in [3.05, 3.63) is 29.8 Å². The summed E-state index contributed by atoms with van der Waals surface area (Å²) in [6, 6.07) is 6.59. The van der Waals surface area contributed by atoms with Crippen molar-refractivity contribution < 1.29 is 18.0 Å². The number of amides is 3. The van der Waals surface area contributed by atoms with Gasteiger partial charge in [-0.05, 0) is 37.1 Å². The Kier molecular flexibility index (Phi) is 4.62. The summed E-state index contributed by atoms with van der Waals surface area (Å²) in [6.07, 6.45) is 2.36. The fourth-order valence-corrected chi connectivity index (χ4v) is 4.26. The highest BCUT2D eigenvalue weighted by atomic mass is 32.2. The van der Waals surface area contributed by atoms with Gasteiger partial charge in [-0.1, -0.05) is 0 Å². The minimum absolute atomic E-state index is 0.221. The van der Waals surface area contributed by atoms with Crippen LogP contribution in [-0.2, 0) is 14.8 Å². The third-order valence-electron chi connectivity index (χ3n) is 4.94. The van der Waals surface area contributed by atoms with Crippen molar-refractivity contribution in [2.75, 3.05) is 38.3 Å². The molecule has 2 fully saturated rings. The number of hydrogen-bond donors (Lipinski definition) is 1. The van der Waals surface area contributed by atoms with E-state index < -0.39 is 21.5 Å². The zero-order valence-corrected chi connectivity index (χ0v) is 16.4. The Morgan fingerprint density at radius 2 is 1.89 bits per heavy atom. The molecule has 3 rings (SSSR count). The fraction of sp³-hybridized carbons (Fsp3) is 0.471. The molecule has 1 aromatic carbocycles. The standard InChI is InChI=1S/C17H23N5O4S/c1-20(2)14(19-27(3,25)26)12-5-7-13(8-6-12)21-11-17(15(18)23)9-4-10-22(17)16(21)24/h5-8H,4,9-11H2,1-3H3,(H2,18,23)/t17-/m1/s1. The first-order valence-electron chi connectivity index (χ1n) is 8.52. The van der Waals surface area contributed by atoms with Gasteiger partial charge in [0.1, 0.15) is 11.4 Å². The molecular formula is C17H23N5O4S. The number of anilines is 1. The zero-order valence-electron chi connectivity index (χ0n) is 15.5. The molecule has 1 atom stereocenters. The van der Waals surface area contributed by atoms with Crippen molar-refractivity contribution in [1.82, 2.24) is 9.80 Å². The van der Waals surface area contributed by atoms with Crippen LogP contribution in [0.3, 0.4) is 0 Å². The van der Waals surface area contributed by atoms with Gasteiger partial charge in [-0.15, -0.1) is 4.40 Å². The average molecular weight is 393 g/mol. The number of carbonyl (C=O) groups is 2. The Morgan fingerprint density at radius 1 is 1.26 bits per heavy atom. The van der Waals surface area contributed by atoms with Crippen LogP contribution < -0.4 is 10.6 Å². The number of primary amides is 1. The average Bonchev–Trinajstić information content (AvgIpc) is 3.12. The molecule has 2 N–H and O–H groups in total. The lowest BCUT2D eigenvalue weighted by molar-refractivity contribution is -0.125. The molecule has 146 valence electrons. The monoisotopic (exact) mass is 393 g/mol. The maximum Gasteiger partial charge on any atom is 0.325 e. The van der Waals surface area contributed by atoms with Crippen LogP contribution in [-0.4, -0.2) is 75.0 Å². The number of urea groups is 1. The summed E-state index contributed by atoms with van der Waals surface area (Å²) in [6.45, 7) is 0.737. The summed E-state index contributed by atoms with van der Waals surface area (Å²) < 4.78 is 26.8. The molecule has 0 aromatic heterocycles. The molecule has 0 unspecified atom stereocenters. The highest BCUT2D eigenvalue weighted by Gasteiger charge is 2.56. The van der Waals surface area contributed by atoms with Gasteiger partial charge in [-0.3, -0.25) is 9.69 Å². The molecule has 3 amide bonds. The van der Waals surface area contributed by atoms with E-state index >= 15 is 0 Å². The molecule has 2 saturated heterocycles. The first-order chi connectivity index (χ1) is 12.5. The Balaban J connectivity index is 1.91. The highest BCUT2D eigenvalue weighted by molar-refractivity contribution is 7.89. The quantitative estimate of drug-likeness (QED) is 0.580. The second-order valence-electron chi connectivity index (χ2n) is 7.11. The summed E-state index contributed by atoms with van der Waals surface area (Å²) in [5, 5.41) is 0. The maximum absolute atomic E-state index is 12.7. The van der Waals surface area contributed by atoms with Crippen LogP contribution in [0.15, 0.2) is 28.7 Å². The second-order valence-corrected chi connectivity index (χ2v) is 8.76. The molecule has 2 aliphatic heterocycles. The minimum Gasteiger partial charge on any atom is -0.368 e. The van der Waals surface area contributed by atoms with Crippen LogP contribution in [0.5, 0.6) is 0 Å². The van der Waals surface area contributed by atoms with E-state index in [0.29, 0.717) is 30.1 Å². The lowest BCUT2D eigenvalue weighted by Crippen LogP contribution is -2.52. The Hall–Kier alpha value is -2.62. The number of hydrogen-bond acceptors (Lipinski definition) is 4. The third kappa shape index (κ3) is 3.36. The van der Waals surface area contributed by atoms with Crippen LogP contribution in [0.2, 0.25) is 0 Å². The van der Waals surface area contributed by atoms with Crippen molar-refractivity contribution in [1.29, 1.82) is 0 Å². The van der Waals surface area contributed by atoms with Gasteiger partial charge >= 0.3 is 6.03 Å². The molecule has 0 spiro atoms. The predicted octanol–water partition coefficient (Wildman–Crippen LogP) is 0.214. The van der Waals surface area contributed by atoms with Gasteiger partial charge in [0.05, 0.1) is 12.8 Å². The molecular weight excluding hydrogens is 370 g/mol. The van der Waals surface area contributed by atoms with Gasteiger partial charge in [0.2, 0.25) is 5.91 Å². The van der Waals surface area contributed by atoms with Crippen molar-refractivity contribution in [2.24, 2.45) is 10.1 Å². The molecule has 9 nitrogen and oxygen atoms in total. The fourth-order valence-electron chi connectivity index (χ4n) is 3.67. The van der Waals surface area contributed by atoms with Crippen molar-refractivity contribution in [3.63, 3.8) is 0 Å². The molecule has 0 radical (unpaired) electrons. The van der Waals surface area contributed by atoms with E-state index in [1.165, 1.54) is 4.90 Å². The normalized spacial score (nSPS) is 22.9. The molecule has 1 aromatic rings. The van der Waals surface area contributed by atoms with E-state index in [-0.39, 0.29) is 12.6 Å². The number of fused-ring (bicyclic) bond motifs is 1. The van der Waals surface area contributed by atoms with Gasteiger partial charge < -0.3 is 15.5 Å². The lowest BCUT2D eigenvalue weighted by Gasteiger charge is -2.25. The Labute approximate surface area is 158 Å². The third-order valence-corrected chi connectivity index (χ3v) is 5.45. The number of nitrogens with two attached hydrogens (primary N) is 1. The smallest absolute Gasteiger partial charge is 0.325 e. The lowest BCUT2D eigenvalue weighted by atomic mass is 9.96. The SMILES string of the molecule is CN(C)C(=NS(C)(=O)=O)c1ccc(N2C[C@@]3(C(N)=O)CCCN3C2=O)cc1. The molecule has 2 aliphatic rings. The van der Waals surface area contributed by atoms with Gasteiger partial charge in [0.25, 0.3) is 10.0 Å². The van der Waals surface area contributed by atoms with Crippen LogP contribution in [0.4, 0.5) is 10.5 Å². The first-order valence-corrected chi connectivity index (χ1v) is 10.4. The molecule has 10 heteroatoms. The number of nitrogens with zero attached hydrogens (tertiary/aromatic N) is 4. The van der Waals surface area contributed by atoms with Crippen molar-refractivity contribution in [3.8, 4) is 0 Å². The van der Waals surface area contributed by atoms with Crippen molar-refractivity contribution >= 4 is 33.5 Å². The zero-order chi connectivity index (χ0) is 20.0. The first kappa shape index (κ1) is 19.2. The Morgan fingerprint density at radius 3 is 2.37 bits per heavy atom. The molecule has 0 saturated carbocycles. The van der Waals surface area contributed by atoms with E-state index in [2.05, 4.69) is 4.40 Å². The highest BCUT2D eigenvalue weighted by Crippen LogP contribution is 2.38. The number of benzene rings is 1. The molecule has 0 bridgehead atoms. The van der Waals surface area contributed by atoms with Crippen LogP contribution >= 0.6 is 0 Å². The Bertz CT molecular complexity index is 910. The number of amidine groups is 1. The topological polar surface area (TPSA) is 116 Å². The molecule has 2 heterocycles. The summed E-state index contributed by atoms with van der Waals surface area (Å²) in [4.78, 5) is 29.4. The van der Waals surface area contributed by atoms with E-state index in [9.17, 15) is 18.0 Å². The number of sulfonamides is 1. The second kappa shape index (κ2) is 6.52. The summed E-state index contributed by atoms with van der Waals surface area (Å²) in [5.41, 5.74) is 5.88. The summed E-state index contributed by atoms with van der Waals surface area (Å²) in [5.74, 6) is -0.186. The van der Waals surface area contributed by atoms with E-state index in [0.717, 1.165) is 12.7 Å². The van der Waals surface area contributed by atoms with Crippen LogP contribution in [0, 0.1) is 0 Å². The molecule has 0 aliphatic carbocycles. The largest absolute Gasteiger partial charge is 0.368 e. The summed E-state index contributed by atoms with van der Waals surface area (Å²) in [7, 11) is -0.153. The molecule has 27 heavy (non-hydrogen) atoms. The van der Waals surface area contributed by atoms with Gasteiger partial charge in [-0.2, -0.15) is 0 Å². The summed E-state index contributed by atoms with van der Waals surface area (Å²) >= 11 is 0.